The first-order chi connectivity index (χ1) is 6.44. The van der Waals surface area contributed by atoms with Crippen LogP contribution in [0.4, 0.5) is 4.39 Å². The second kappa shape index (κ2) is 4.38. The van der Waals surface area contributed by atoms with Crippen LogP contribution in [-0.2, 0) is 6.42 Å². The Hall–Kier alpha value is -0.450. The van der Waals surface area contributed by atoms with Crippen molar-refractivity contribution in [2.45, 2.75) is 18.9 Å². The van der Waals surface area contributed by atoms with Gasteiger partial charge in [-0.25, -0.2) is 4.39 Å². The van der Waals surface area contributed by atoms with Crippen molar-refractivity contribution in [2.75, 3.05) is 6.54 Å². The topological polar surface area (TPSA) is 46.2 Å². The molecular formula is C10H13BrFNO. The maximum Gasteiger partial charge on any atom is 0.137 e. The first kappa shape index (κ1) is 11.6. The fourth-order valence-corrected chi connectivity index (χ4v) is 1.59. The van der Waals surface area contributed by atoms with Crippen molar-refractivity contribution in [1.29, 1.82) is 0 Å². The van der Waals surface area contributed by atoms with E-state index in [1.54, 1.807) is 19.1 Å². The molecule has 1 aromatic rings. The van der Waals surface area contributed by atoms with Crippen LogP contribution in [0.15, 0.2) is 22.7 Å². The van der Waals surface area contributed by atoms with Crippen LogP contribution in [0, 0.1) is 5.82 Å². The molecule has 0 fully saturated rings. The molecule has 0 aliphatic carbocycles. The van der Waals surface area contributed by atoms with Gasteiger partial charge in [0.05, 0.1) is 10.1 Å². The molecule has 2 nitrogen and oxygen atoms in total. The van der Waals surface area contributed by atoms with Gasteiger partial charge < -0.3 is 10.8 Å². The van der Waals surface area contributed by atoms with Gasteiger partial charge in [0.15, 0.2) is 0 Å². The molecule has 1 unspecified atom stereocenters. The molecule has 78 valence electrons. The molecule has 1 atom stereocenters. The van der Waals surface area contributed by atoms with Crippen LogP contribution in [0.25, 0.3) is 0 Å². The second-order valence-electron chi connectivity index (χ2n) is 3.63. The Morgan fingerprint density at radius 2 is 2.21 bits per heavy atom. The Kier molecular flexibility index (Phi) is 3.64. The van der Waals surface area contributed by atoms with E-state index in [9.17, 15) is 9.50 Å². The van der Waals surface area contributed by atoms with E-state index in [1.807, 2.05) is 0 Å². The summed E-state index contributed by atoms with van der Waals surface area (Å²) in [7, 11) is 0. The van der Waals surface area contributed by atoms with Crippen molar-refractivity contribution < 1.29 is 9.50 Å². The summed E-state index contributed by atoms with van der Waals surface area (Å²) >= 11 is 3.09. The van der Waals surface area contributed by atoms with Crippen LogP contribution < -0.4 is 5.73 Å². The molecule has 1 aromatic carbocycles. The molecule has 0 saturated heterocycles. The average Bonchev–Trinajstić information content (AvgIpc) is 2.11. The number of nitrogens with two attached hydrogens (primary N) is 1. The Morgan fingerprint density at radius 1 is 1.57 bits per heavy atom. The largest absolute Gasteiger partial charge is 0.389 e. The minimum Gasteiger partial charge on any atom is -0.389 e. The van der Waals surface area contributed by atoms with Gasteiger partial charge >= 0.3 is 0 Å². The minimum atomic E-state index is -0.933. The highest BCUT2D eigenvalue weighted by Gasteiger charge is 2.18. The number of halogens is 2. The summed E-state index contributed by atoms with van der Waals surface area (Å²) in [5.41, 5.74) is 5.31. The molecular weight excluding hydrogens is 249 g/mol. The summed E-state index contributed by atoms with van der Waals surface area (Å²) in [6.45, 7) is 1.84. The number of benzene rings is 1. The highest BCUT2D eigenvalue weighted by atomic mass is 79.9. The Labute approximate surface area is 91.1 Å². The highest BCUT2D eigenvalue weighted by Crippen LogP contribution is 2.19. The highest BCUT2D eigenvalue weighted by molar-refractivity contribution is 9.10. The van der Waals surface area contributed by atoms with E-state index in [2.05, 4.69) is 15.9 Å². The Balaban J connectivity index is 2.83. The van der Waals surface area contributed by atoms with Gasteiger partial charge in [0, 0.05) is 13.0 Å². The predicted molar refractivity (Wildman–Crippen MR) is 57.5 cm³/mol. The van der Waals surface area contributed by atoms with Gasteiger partial charge in [-0.15, -0.1) is 0 Å². The van der Waals surface area contributed by atoms with Gasteiger partial charge in [0.1, 0.15) is 5.82 Å². The maximum atomic E-state index is 12.9. The lowest BCUT2D eigenvalue weighted by atomic mass is 9.97. The third-order valence-electron chi connectivity index (χ3n) is 2.01. The maximum absolute atomic E-state index is 12.9. The van der Waals surface area contributed by atoms with E-state index >= 15 is 0 Å². The molecule has 0 radical (unpaired) electrons. The van der Waals surface area contributed by atoms with Gasteiger partial charge in [-0.05, 0) is 40.5 Å². The van der Waals surface area contributed by atoms with Crippen molar-refractivity contribution in [3.05, 3.63) is 34.1 Å². The lowest BCUT2D eigenvalue weighted by molar-refractivity contribution is 0.0696. The molecule has 14 heavy (non-hydrogen) atoms. The second-order valence-corrected chi connectivity index (χ2v) is 4.48. The summed E-state index contributed by atoms with van der Waals surface area (Å²) in [6.07, 6.45) is 0.419. The standard InChI is InChI=1S/C10H13BrFNO/c1-10(14,6-13)5-7-2-3-9(12)8(11)4-7/h2-4,14H,5-6,13H2,1H3. The third kappa shape index (κ3) is 3.04. The van der Waals surface area contributed by atoms with E-state index in [0.717, 1.165) is 5.56 Å². The molecule has 0 spiro atoms. The van der Waals surface area contributed by atoms with Crippen molar-refractivity contribution in [3.8, 4) is 0 Å². The first-order valence-electron chi connectivity index (χ1n) is 4.31. The van der Waals surface area contributed by atoms with Gasteiger partial charge in [-0.3, -0.25) is 0 Å². The molecule has 0 aliphatic rings. The lowest BCUT2D eigenvalue weighted by Gasteiger charge is -2.20. The van der Waals surface area contributed by atoms with E-state index in [1.165, 1.54) is 6.07 Å². The van der Waals surface area contributed by atoms with Crippen molar-refractivity contribution in [3.63, 3.8) is 0 Å². The predicted octanol–water partition coefficient (Wildman–Crippen LogP) is 1.84. The number of rotatable bonds is 3. The van der Waals surface area contributed by atoms with E-state index < -0.39 is 5.60 Å². The van der Waals surface area contributed by atoms with E-state index in [-0.39, 0.29) is 12.4 Å². The summed E-state index contributed by atoms with van der Waals surface area (Å²) in [4.78, 5) is 0. The molecule has 3 N–H and O–H groups in total. The Morgan fingerprint density at radius 3 is 2.71 bits per heavy atom. The van der Waals surface area contributed by atoms with Crippen LogP contribution in [0.5, 0.6) is 0 Å². The number of hydrogen-bond donors (Lipinski definition) is 2. The van der Waals surface area contributed by atoms with Crippen molar-refractivity contribution in [1.82, 2.24) is 0 Å². The number of aliphatic hydroxyl groups is 1. The van der Waals surface area contributed by atoms with Gasteiger partial charge in [0.2, 0.25) is 0 Å². The van der Waals surface area contributed by atoms with Crippen LogP contribution in [0.1, 0.15) is 12.5 Å². The third-order valence-corrected chi connectivity index (χ3v) is 2.62. The summed E-state index contributed by atoms with van der Waals surface area (Å²) < 4.78 is 13.3. The average molecular weight is 262 g/mol. The lowest BCUT2D eigenvalue weighted by Crippen LogP contribution is -2.36. The summed E-state index contributed by atoms with van der Waals surface area (Å²) in [6, 6.07) is 4.66. The first-order valence-corrected chi connectivity index (χ1v) is 5.10. The summed E-state index contributed by atoms with van der Waals surface area (Å²) in [5, 5.41) is 9.70. The van der Waals surface area contributed by atoms with Crippen molar-refractivity contribution >= 4 is 15.9 Å². The van der Waals surface area contributed by atoms with Crippen molar-refractivity contribution in [2.24, 2.45) is 5.73 Å². The fraction of sp³-hybridized carbons (Fsp3) is 0.400. The molecule has 4 heteroatoms. The monoisotopic (exact) mass is 261 g/mol. The molecule has 0 bridgehead atoms. The van der Waals surface area contributed by atoms with Crippen LogP contribution >= 0.6 is 15.9 Å². The van der Waals surface area contributed by atoms with Crippen LogP contribution in [0.3, 0.4) is 0 Å². The van der Waals surface area contributed by atoms with E-state index in [0.29, 0.717) is 10.9 Å². The van der Waals surface area contributed by atoms with Gasteiger partial charge in [0.25, 0.3) is 0 Å². The van der Waals surface area contributed by atoms with Gasteiger partial charge in [-0.2, -0.15) is 0 Å². The SMILES string of the molecule is CC(O)(CN)Cc1ccc(F)c(Br)c1. The molecule has 0 amide bonds. The fourth-order valence-electron chi connectivity index (χ4n) is 1.16. The van der Waals surface area contributed by atoms with Crippen LogP contribution in [-0.4, -0.2) is 17.3 Å². The summed E-state index contributed by atoms with van der Waals surface area (Å²) in [5.74, 6) is -0.304. The molecule has 0 saturated carbocycles. The Bertz CT molecular complexity index is 328. The molecule has 1 rings (SSSR count). The molecule has 0 aromatic heterocycles. The quantitative estimate of drug-likeness (QED) is 0.873. The smallest absolute Gasteiger partial charge is 0.137 e. The zero-order chi connectivity index (χ0) is 10.8. The number of hydrogen-bond acceptors (Lipinski definition) is 2. The van der Waals surface area contributed by atoms with Gasteiger partial charge in [-0.1, -0.05) is 6.07 Å². The van der Waals surface area contributed by atoms with E-state index in [4.69, 9.17) is 5.73 Å². The molecule has 0 aliphatic heterocycles. The normalized spacial score (nSPS) is 15.2. The zero-order valence-corrected chi connectivity index (χ0v) is 9.51. The van der Waals surface area contributed by atoms with Crippen LogP contribution in [0.2, 0.25) is 0 Å². The minimum absolute atomic E-state index is 0.183. The molecule has 0 heterocycles. The zero-order valence-electron chi connectivity index (χ0n) is 7.93.